The molecule has 3 aliphatic rings. The normalized spacial score (nSPS) is 24.4. The first kappa shape index (κ1) is 12.8. The minimum absolute atomic E-state index is 0.164. The predicted molar refractivity (Wildman–Crippen MR) is 78.0 cm³/mol. The van der Waals surface area contributed by atoms with Crippen molar-refractivity contribution in [2.24, 2.45) is 11.3 Å². The number of nitrogens with zero attached hydrogens (tertiary/aromatic N) is 1. The van der Waals surface area contributed by atoms with Crippen LogP contribution in [-0.2, 0) is 22.4 Å². The molecule has 4 nitrogen and oxygen atoms in total. The van der Waals surface area contributed by atoms with Crippen molar-refractivity contribution in [3.8, 4) is 0 Å². The molecule has 1 aromatic heterocycles. The number of aromatic nitrogens is 1. The monoisotopic (exact) mass is 292 g/mol. The fourth-order valence-corrected chi connectivity index (χ4v) is 4.55. The summed E-state index contributed by atoms with van der Waals surface area (Å²) in [5.74, 6) is 0.412. The number of thiazole rings is 1. The summed E-state index contributed by atoms with van der Waals surface area (Å²) >= 11 is 1.69. The molecule has 0 radical (unpaired) electrons. The summed E-state index contributed by atoms with van der Waals surface area (Å²) in [6.45, 7) is 1.80. The average Bonchev–Trinajstić information content (AvgIpc) is 3.22. The highest BCUT2D eigenvalue weighted by Crippen LogP contribution is 2.45. The lowest BCUT2D eigenvalue weighted by Gasteiger charge is -2.39. The number of aryl methyl sites for hydroxylation is 1. The smallest absolute Gasteiger partial charge is 0.229 e. The lowest BCUT2D eigenvalue weighted by atomic mass is 9.70. The molecule has 1 N–H and O–H groups in total. The van der Waals surface area contributed by atoms with E-state index >= 15 is 0 Å². The van der Waals surface area contributed by atoms with Crippen LogP contribution in [0.5, 0.6) is 0 Å². The van der Waals surface area contributed by atoms with Gasteiger partial charge in [0.25, 0.3) is 0 Å². The highest BCUT2D eigenvalue weighted by molar-refractivity contribution is 7.15. The highest BCUT2D eigenvalue weighted by Gasteiger charge is 2.38. The predicted octanol–water partition coefficient (Wildman–Crippen LogP) is 2.78. The van der Waals surface area contributed by atoms with Gasteiger partial charge in [0.05, 0.1) is 5.69 Å². The molecule has 0 bridgehead atoms. The quantitative estimate of drug-likeness (QED) is 0.912. The first-order chi connectivity index (χ1) is 9.74. The molecule has 4 rings (SSSR count). The van der Waals surface area contributed by atoms with Crippen molar-refractivity contribution < 1.29 is 9.53 Å². The van der Waals surface area contributed by atoms with E-state index in [2.05, 4.69) is 10.3 Å². The molecule has 0 unspecified atom stereocenters. The molecule has 1 aromatic rings. The molecule has 1 aliphatic heterocycles. The van der Waals surface area contributed by atoms with Crippen LogP contribution in [0.4, 0.5) is 5.13 Å². The molecule has 2 aliphatic carbocycles. The van der Waals surface area contributed by atoms with Crippen LogP contribution < -0.4 is 5.32 Å². The lowest BCUT2D eigenvalue weighted by Crippen LogP contribution is -2.34. The molecular weight excluding hydrogens is 272 g/mol. The SMILES string of the molecule is O=C(Nc1nc2c(s1)CC1(CCOCC1)CC2)C1CC1. The molecule has 5 heteroatoms. The fraction of sp³-hybridized carbons (Fsp3) is 0.733. The van der Waals surface area contributed by atoms with Crippen LogP contribution in [0.1, 0.15) is 42.7 Å². The number of hydrogen-bond acceptors (Lipinski definition) is 4. The summed E-state index contributed by atoms with van der Waals surface area (Å²) < 4.78 is 5.51. The molecule has 0 aromatic carbocycles. The van der Waals surface area contributed by atoms with Gasteiger partial charge in [0.1, 0.15) is 0 Å². The second kappa shape index (κ2) is 4.81. The molecule has 20 heavy (non-hydrogen) atoms. The second-order valence-electron chi connectivity index (χ2n) is 6.44. The summed E-state index contributed by atoms with van der Waals surface area (Å²) in [4.78, 5) is 17.8. The molecule has 2 fully saturated rings. The van der Waals surface area contributed by atoms with Crippen LogP contribution in [0.3, 0.4) is 0 Å². The first-order valence-corrected chi connectivity index (χ1v) is 8.43. The van der Waals surface area contributed by atoms with Gasteiger partial charge in [0.15, 0.2) is 5.13 Å². The second-order valence-corrected chi connectivity index (χ2v) is 7.53. The van der Waals surface area contributed by atoms with E-state index in [0.717, 1.165) is 44.0 Å². The zero-order chi connectivity index (χ0) is 13.6. The molecule has 108 valence electrons. The van der Waals surface area contributed by atoms with Gasteiger partial charge in [-0.3, -0.25) is 4.79 Å². The van der Waals surface area contributed by atoms with E-state index in [0.29, 0.717) is 5.41 Å². The topological polar surface area (TPSA) is 51.2 Å². The maximum absolute atomic E-state index is 11.8. The molecule has 1 saturated heterocycles. The van der Waals surface area contributed by atoms with Gasteiger partial charge < -0.3 is 10.1 Å². The van der Waals surface area contributed by atoms with Gasteiger partial charge in [0.2, 0.25) is 5.91 Å². The Kier molecular flexibility index (Phi) is 3.07. The summed E-state index contributed by atoms with van der Waals surface area (Å²) in [5.41, 5.74) is 1.66. The molecule has 1 amide bonds. The maximum atomic E-state index is 11.8. The van der Waals surface area contributed by atoms with E-state index in [-0.39, 0.29) is 11.8 Å². The van der Waals surface area contributed by atoms with E-state index < -0.39 is 0 Å². The van der Waals surface area contributed by atoms with Crippen molar-refractivity contribution in [1.29, 1.82) is 0 Å². The van der Waals surface area contributed by atoms with Gasteiger partial charge in [0, 0.05) is 24.0 Å². The minimum Gasteiger partial charge on any atom is -0.381 e. The number of carbonyl (C=O) groups excluding carboxylic acids is 1. The Balaban J connectivity index is 1.50. The summed E-state index contributed by atoms with van der Waals surface area (Å²) in [6, 6.07) is 0. The summed E-state index contributed by atoms with van der Waals surface area (Å²) in [7, 11) is 0. The number of ether oxygens (including phenoxy) is 1. The number of anilines is 1. The molecule has 1 saturated carbocycles. The van der Waals surface area contributed by atoms with Crippen molar-refractivity contribution in [2.45, 2.75) is 44.9 Å². The van der Waals surface area contributed by atoms with Crippen LogP contribution in [0.25, 0.3) is 0 Å². The largest absolute Gasteiger partial charge is 0.381 e. The van der Waals surface area contributed by atoms with Gasteiger partial charge in [-0.2, -0.15) is 0 Å². The Labute approximate surface area is 122 Å². The summed E-state index contributed by atoms with van der Waals surface area (Å²) in [5, 5.41) is 3.81. The van der Waals surface area contributed by atoms with Crippen LogP contribution in [-0.4, -0.2) is 24.1 Å². The highest BCUT2D eigenvalue weighted by atomic mass is 32.1. The fourth-order valence-electron chi connectivity index (χ4n) is 3.37. The van der Waals surface area contributed by atoms with E-state index in [1.807, 2.05) is 0 Å². The molecule has 2 heterocycles. The van der Waals surface area contributed by atoms with E-state index in [1.165, 1.54) is 29.8 Å². The van der Waals surface area contributed by atoms with Gasteiger partial charge in [-0.05, 0) is 50.4 Å². The van der Waals surface area contributed by atoms with E-state index in [4.69, 9.17) is 4.74 Å². The third-order valence-electron chi connectivity index (χ3n) is 4.94. The number of fused-ring (bicyclic) bond motifs is 1. The molecular formula is C15H20N2O2S. The number of carbonyl (C=O) groups is 1. The van der Waals surface area contributed by atoms with E-state index in [9.17, 15) is 4.79 Å². The van der Waals surface area contributed by atoms with E-state index in [1.54, 1.807) is 11.3 Å². The van der Waals surface area contributed by atoms with Gasteiger partial charge in [-0.15, -0.1) is 11.3 Å². The zero-order valence-corrected chi connectivity index (χ0v) is 12.4. The standard InChI is InChI=1S/C15H20N2O2S/c18-13(10-1-2-10)17-14-16-11-3-4-15(9-12(11)20-14)5-7-19-8-6-15/h10H,1-9H2,(H,16,17,18). The average molecular weight is 292 g/mol. The zero-order valence-electron chi connectivity index (χ0n) is 11.6. The Morgan fingerprint density at radius 3 is 2.85 bits per heavy atom. The third kappa shape index (κ3) is 2.37. The van der Waals surface area contributed by atoms with Crippen molar-refractivity contribution in [3.63, 3.8) is 0 Å². The maximum Gasteiger partial charge on any atom is 0.229 e. The Morgan fingerprint density at radius 2 is 2.10 bits per heavy atom. The Bertz CT molecular complexity index is 530. The van der Waals surface area contributed by atoms with Crippen molar-refractivity contribution >= 4 is 22.4 Å². The van der Waals surface area contributed by atoms with Crippen LogP contribution in [0.15, 0.2) is 0 Å². The lowest BCUT2D eigenvalue weighted by molar-refractivity contribution is -0.117. The Hall–Kier alpha value is -0.940. The molecule has 1 spiro atoms. The van der Waals surface area contributed by atoms with Gasteiger partial charge in [-0.1, -0.05) is 0 Å². The van der Waals surface area contributed by atoms with Crippen molar-refractivity contribution in [2.75, 3.05) is 18.5 Å². The number of rotatable bonds is 2. The number of amides is 1. The third-order valence-corrected chi connectivity index (χ3v) is 5.95. The van der Waals surface area contributed by atoms with Gasteiger partial charge >= 0.3 is 0 Å². The summed E-state index contributed by atoms with van der Waals surface area (Å²) in [6.07, 6.45) is 7.85. The van der Waals surface area contributed by atoms with Gasteiger partial charge in [-0.25, -0.2) is 4.98 Å². The first-order valence-electron chi connectivity index (χ1n) is 7.61. The Morgan fingerprint density at radius 1 is 1.30 bits per heavy atom. The van der Waals surface area contributed by atoms with Crippen LogP contribution >= 0.6 is 11.3 Å². The van der Waals surface area contributed by atoms with Crippen molar-refractivity contribution in [3.05, 3.63) is 10.6 Å². The van der Waals surface area contributed by atoms with Crippen molar-refractivity contribution in [1.82, 2.24) is 4.98 Å². The van der Waals surface area contributed by atoms with Crippen LogP contribution in [0, 0.1) is 11.3 Å². The number of nitrogens with one attached hydrogen (secondary N) is 1. The molecule has 0 atom stereocenters. The van der Waals surface area contributed by atoms with Crippen LogP contribution in [0.2, 0.25) is 0 Å². The minimum atomic E-state index is 0.164. The number of hydrogen-bond donors (Lipinski definition) is 1.